The number of benzene rings is 2. The lowest BCUT2D eigenvalue weighted by Gasteiger charge is -2.43. The monoisotopic (exact) mass is 561 g/mol. The van der Waals surface area contributed by atoms with Crippen molar-refractivity contribution in [3.63, 3.8) is 0 Å². The summed E-state index contributed by atoms with van der Waals surface area (Å²) in [6.45, 7) is 6.06. The van der Waals surface area contributed by atoms with E-state index < -0.39 is 33.4 Å². The molecular formula is C25H31ClF3N3O4S. The Bertz CT molecular complexity index is 1250. The van der Waals surface area contributed by atoms with E-state index in [1.165, 1.54) is 37.3 Å². The fourth-order valence-electron chi connectivity index (χ4n) is 4.49. The summed E-state index contributed by atoms with van der Waals surface area (Å²) < 4.78 is 69.1. The molecule has 0 saturated carbocycles. The highest BCUT2D eigenvalue weighted by Gasteiger charge is 2.38. The Labute approximate surface area is 220 Å². The van der Waals surface area contributed by atoms with Crippen molar-refractivity contribution < 1.29 is 31.1 Å². The molecule has 1 heterocycles. The summed E-state index contributed by atoms with van der Waals surface area (Å²) in [6.07, 6.45) is -3.31. The number of alkyl halides is 3. The maximum Gasteiger partial charge on any atom is 0.573 e. The first-order chi connectivity index (χ1) is 17.1. The summed E-state index contributed by atoms with van der Waals surface area (Å²) in [4.78, 5) is 14.9. The van der Waals surface area contributed by atoms with E-state index in [-0.39, 0.29) is 44.9 Å². The van der Waals surface area contributed by atoms with Crippen molar-refractivity contribution in [1.29, 1.82) is 0 Å². The number of amides is 1. The molecule has 3 N–H and O–H groups in total. The van der Waals surface area contributed by atoms with Gasteiger partial charge in [-0.15, -0.1) is 13.2 Å². The Morgan fingerprint density at radius 1 is 1.22 bits per heavy atom. The Morgan fingerprint density at radius 3 is 2.54 bits per heavy atom. The molecule has 1 aliphatic heterocycles. The average molecular weight is 562 g/mol. The number of carbonyl (C=O) groups excluding carboxylic acids is 1. The van der Waals surface area contributed by atoms with Crippen LogP contribution >= 0.6 is 11.6 Å². The number of nitrogens with one attached hydrogen (secondary N) is 1. The standard InChI is InChI=1S/C25H31ClF3N3O4S/c1-4-37(34,35)22-10-8-18(26)12-17(22)14-31-23(33)16-7-9-20(21(13-16)36-25(27,28)29)24(2,3)32-11-5-6-19(30)15-32/h7-10,12-13,19H,4-6,11,14-15,30H2,1-3H3,(H,31,33). The van der Waals surface area contributed by atoms with E-state index in [0.29, 0.717) is 13.1 Å². The normalized spacial score (nSPS) is 17.5. The van der Waals surface area contributed by atoms with Crippen LogP contribution in [0.2, 0.25) is 5.02 Å². The summed E-state index contributed by atoms with van der Waals surface area (Å²) in [5.41, 5.74) is 5.70. The fourth-order valence-corrected chi connectivity index (χ4v) is 5.80. The van der Waals surface area contributed by atoms with Gasteiger partial charge in [-0.05, 0) is 69.1 Å². The zero-order chi connectivity index (χ0) is 27.6. The van der Waals surface area contributed by atoms with Gasteiger partial charge < -0.3 is 15.8 Å². The quantitative estimate of drug-likeness (QED) is 0.488. The fraction of sp³-hybridized carbons (Fsp3) is 0.480. The van der Waals surface area contributed by atoms with Gasteiger partial charge in [0, 0.05) is 40.8 Å². The molecule has 1 amide bonds. The molecule has 0 bridgehead atoms. The molecule has 0 aromatic heterocycles. The highest BCUT2D eigenvalue weighted by atomic mass is 35.5. The minimum atomic E-state index is -4.97. The molecule has 2 aromatic rings. The second-order valence-electron chi connectivity index (χ2n) is 9.50. The lowest BCUT2D eigenvalue weighted by molar-refractivity contribution is -0.275. The first-order valence-corrected chi connectivity index (χ1v) is 13.9. The van der Waals surface area contributed by atoms with Gasteiger partial charge in [-0.3, -0.25) is 9.69 Å². The number of carbonyl (C=O) groups is 1. The molecule has 1 fully saturated rings. The molecule has 0 radical (unpaired) electrons. The van der Waals surface area contributed by atoms with E-state index >= 15 is 0 Å². The molecule has 0 spiro atoms. The maximum absolute atomic E-state index is 13.3. The molecule has 2 aromatic carbocycles. The number of sulfone groups is 1. The van der Waals surface area contributed by atoms with Gasteiger partial charge in [0.15, 0.2) is 9.84 Å². The Kier molecular flexibility index (Phi) is 8.83. The van der Waals surface area contributed by atoms with Gasteiger partial charge in [-0.1, -0.05) is 24.6 Å². The smallest absolute Gasteiger partial charge is 0.405 e. The molecule has 37 heavy (non-hydrogen) atoms. The van der Waals surface area contributed by atoms with Crippen molar-refractivity contribution >= 4 is 27.3 Å². The molecule has 1 unspecified atom stereocenters. The molecule has 0 aliphatic carbocycles. The van der Waals surface area contributed by atoms with Gasteiger partial charge in [-0.25, -0.2) is 8.42 Å². The Hall–Kier alpha value is -2.34. The van der Waals surface area contributed by atoms with Gasteiger partial charge in [-0.2, -0.15) is 0 Å². The number of rotatable bonds is 8. The van der Waals surface area contributed by atoms with Crippen LogP contribution in [0.25, 0.3) is 0 Å². The van der Waals surface area contributed by atoms with E-state index in [1.807, 2.05) is 4.90 Å². The summed E-state index contributed by atoms with van der Waals surface area (Å²) in [5.74, 6) is -1.33. The van der Waals surface area contributed by atoms with Gasteiger partial charge >= 0.3 is 6.36 Å². The van der Waals surface area contributed by atoms with Gasteiger partial charge in [0.25, 0.3) is 5.91 Å². The van der Waals surface area contributed by atoms with Crippen molar-refractivity contribution in [3.05, 3.63) is 58.1 Å². The lowest BCUT2D eigenvalue weighted by atomic mass is 9.88. The number of halogens is 4. The minimum Gasteiger partial charge on any atom is -0.405 e. The summed E-state index contributed by atoms with van der Waals surface area (Å²) >= 11 is 6.02. The molecule has 7 nitrogen and oxygen atoms in total. The van der Waals surface area contributed by atoms with Crippen LogP contribution in [0, 0.1) is 0 Å². The summed E-state index contributed by atoms with van der Waals surface area (Å²) in [6, 6.07) is 8.05. The predicted molar refractivity (Wildman–Crippen MR) is 135 cm³/mol. The molecule has 1 aliphatic rings. The second-order valence-corrected chi connectivity index (χ2v) is 12.2. The Morgan fingerprint density at radius 2 is 1.92 bits per heavy atom. The van der Waals surface area contributed by atoms with Crippen LogP contribution in [0.4, 0.5) is 13.2 Å². The van der Waals surface area contributed by atoms with Crippen molar-refractivity contribution in [2.75, 3.05) is 18.8 Å². The van der Waals surface area contributed by atoms with Crippen LogP contribution < -0.4 is 15.8 Å². The van der Waals surface area contributed by atoms with Crippen LogP contribution in [0.5, 0.6) is 5.75 Å². The predicted octanol–water partition coefficient (Wildman–Crippen LogP) is 4.62. The van der Waals surface area contributed by atoms with E-state index in [0.717, 1.165) is 18.9 Å². The van der Waals surface area contributed by atoms with Crippen LogP contribution in [-0.2, 0) is 21.9 Å². The first-order valence-electron chi connectivity index (χ1n) is 11.8. The van der Waals surface area contributed by atoms with Gasteiger partial charge in [0.05, 0.1) is 10.6 Å². The van der Waals surface area contributed by atoms with Crippen LogP contribution in [0.3, 0.4) is 0 Å². The molecule has 1 atom stereocenters. The van der Waals surface area contributed by atoms with Crippen molar-refractivity contribution in [1.82, 2.24) is 10.2 Å². The number of hydrogen-bond donors (Lipinski definition) is 2. The summed E-state index contributed by atoms with van der Waals surface area (Å²) in [5, 5.41) is 2.85. The topological polar surface area (TPSA) is 102 Å². The largest absolute Gasteiger partial charge is 0.573 e. The van der Waals surface area contributed by atoms with Gasteiger partial charge in [0.1, 0.15) is 5.75 Å². The molecule has 3 rings (SSSR count). The first kappa shape index (κ1) is 29.2. The number of hydrogen-bond acceptors (Lipinski definition) is 6. The highest BCUT2D eigenvalue weighted by molar-refractivity contribution is 7.91. The second kappa shape index (κ2) is 11.2. The molecule has 12 heteroatoms. The number of nitrogens with two attached hydrogens (primary N) is 1. The third kappa shape index (κ3) is 7.16. The van der Waals surface area contributed by atoms with Crippen molar-refractivity contribution in [3.8, 4) is 5.75 Å². The molecular weight excluding hydrogens is 531 g/mol. The van der Waals surface area contributed by atoms with E-state index in [2.05, 4.69) is 10.1 Å². The zero-order valence-electron chi connectivity index (χ0n) is 20.9. The number of ether oxygens (including phenoxy) is 1. The summed E-state index contributed by atoms with van der Waals surface area (Å²) in [7, 11) is -3.59. The maximum atomic E-state index is 13.3. The number of likely N-dealkylation sites (tertiary alicyclic amines) is 1. The van der Waals surface area contributed by atoms with Crippen molar-refractivity contribution in [2.24, 2.45) is 5.73 Å². The third-order valence-electron chi connectivity index (χ3n) is 6.55. The SMILES string of the molecule is CCS(=O)(=O)c1ccc(Cl)cc1CNC(=O)c1ccc(C(C)(C)N2CCCC(N)C2)c(OC(F)(F)F)c1. The lowest BCUT2D eigenvalue weighted by Crippen LogP contribution is -2.51. The Balaban J connectivity index is 1.91. The highest BCUT2D eigenvalue weighted by Crippen LogP contribution is 2.39. The molecule has 204 valence electrons. The molecule has 1 saturated heterocycles. The number of piperidine rings is 1. The van der Waals surface area contributed by atoms with Crippen molar-refractivity contribution in [2.45, 2.75) is 63.0 Å². The third-order valence-corrected chi connectivity index (χ3v) is 8.62. The van der Waals surface area contributed by atoms with Crippen LogP contribution in [0.1, 0.15) is 55.1 Å². The van der Waals surface area contributed by atoms with Crippen LogP contribution in [-0.4, -0.2) is 50.5 Å². The average Bonchev–Trinajstić information content (AvgIpc) is 2.81. The van der Waals surface area contributed by atoms with Crippen LogP contribution in [0.15, 0.2) is 41.3 Å². The van der Waals surface area contributed by atoms with E-state index in [1.54, 1.807) is 13.8 Å². The minimum absolute atomic E-state index is 0.0256. The zero-order valence-corrected chi connectivity index (χ0v) is 22.4. The van der Waals surface area contributed by atoms with Gasteiger partial charge in [0.2, 0.25) is 0 Å². The number of nitrogens with zero attached hydrogens (tertiary/aromatic N) is 1. The van der Waals surface area contributed by atoms with E-state index in [4.69, 9.17) is 17.3 Å². The van der Waals surface area contributed by atoms with E-state index in [9.17, 15) is 26.4 Å².